The van der Waals surface area contributed by atoms with Crippen molar-refractivity contribution < 1.29 is 23.5 Å². The lowest BCUT2D eigenvalue weighted by atomic mass is 10.1. The normalized spacial score (nSPS) is 11.3. The highest BCUT2D eigenvalue weighted by atomic mass is 28.4. The van der Waals surface area contributed by atoms with Gasteiger partial charge < -0.3 is 19.4 Å². The fraction of sp³-hybridized carbons (Fsp3) is 0.286. The third-order valence-electron chi connectivity index (χ3n) is 5.93. The second kappa shape index (κ2) is 11.6. The number of hydrogen-bond acceptors (Lipinski definition) is 4. The van der Waals surface area contributed by atoms with Crippen molar-refractivity contribution >= 4 is 30.9 Å². The summed E-state index contributed by atoms with van der Waals surface area (Å²) in [5, 5.41) is 2.22. The molecule has 0 heterocycles. The molecule has 6 nitrogen and oxygen atoms in total. The van der Waals surface area contributed by atoms with Crippen LogP contribution >= 0.6 is 0 Å². The second-order valence-corrected chi connectivity index (χ2v) is 13.5. The molecular weight excluding hydrogens is 456 g/mol. The van der Waals surface area contributed by atoms with E-state index in [-0.39, 0.29) is 11.6 Å². The van der Waals surface area contributed by atoms with Gasteiger partial charge in [-0.2, -0.15) is 4.79 Å². The van der Waals surface area contributed by atoms with Crippen LogP contribution in [-0.2, 0) is 16.0 Å². The molecule has 0 amide bonds. The Hall–Kier alpha value is -3.67. The SMILES string of the molecule is COc1cc(CCCOC(=O)C=[N+]=[N-])ccc1O[Si](c1ccccc1)(c1ccccc1)C(C)(C)C. The zero-order valence-corrected chi connectivity index (χ0v) is 21.7. The van der Waals surface area contributed by atoms with Crippen molar-refractivity contribution in [1.82, 2.24) is 0 Å². The van der Waals surface area contributed by atoms with Crippen LogP contribution < -0.4 is 19.5 Å². The Morgan fingerprint density at radius 2 is 1.54 bits per heavy atom. The first-order valence-corrected chi connectivity index (χ1v) is 13.5. The molecule has 0 fully saturated rings. The Bertz CT molecular complexity index is 1130. The minimum Gasteiger partial charge on any atom is -0.531 e. The van der Waals surface area contributed by atoms with Gasteiger partial charge in [0.25, 0.3) is 0 Å². The monoisotopic (exact) mass is 488 g/mol. The maximum Gasteiger partial charge on any atom is 0.413 e. The van der Waals surface area contributed by atoms with Crippen LogP contribution in [0, 0.1) is 0 Å². The Balaban J connectivity index is 1.95. The molecule has 35 heavy (non-hydrogen) atoms. The molecule has 3 aromatic carbocycles. The third-order valence-corrected chi connectivity index (χ3v) is 10.9. The molecule has 0 aliphatic heterocycles. The molecule has 3 rings (SSSR count). The van der Waals surface area contributed by atoms with E-state index in [1.54, 1.807) is 7.11 Å². The molecule has 0 aliphatic carbocycles. The van der Waals surface area contributed by atoms with E-state index >= 15 is 0 Å². The maximum atomic E-state index is 11.3. The predicted octanol–water partition coefficient (Wildman–Crippen LogP) is 4.41. The van der Waals surface area contributed by atoms with Gasteiger partial charge in [-0.15, -0.1) is 0 Å². The molecule has 0 aromatic heterocycles. The fourth-order valence-electron chi connectivity index (χ4n) is 4.30. The van der Waals surface area contributed by atoms with Crippen LogP contribution in [0.15, 0.2) is 78.9 Å². The summed E-state index contributed by atoms with van der Waals surface area (Å²) in [6.45, 7) is 6.95. The van der Waals surface area contributed by atoms with E-state index in [0.29, 0.717) is 24.3 Å². The number of carbonyl (C=O) groups is 1. The second-order valence-electron chi connectivity index (χ2n) is 9.27. The minimum absolute atomic E-state index is 0.166. The summed E-state index contributed by atoms with van der Waals surface area (Å²) in [5.74, 6) is 0.704. The van der Waals surface area contributed by atoms with Crippen LogP contribution in [0.3, 0.4) is 0 Å². The van der Waals surface area contributed by atoms with Crippen LogP contribution in [0.1, 0.15) is 32.8 Å². The Kier molecular flexibility index (Phi) is 8.63. The first-order chi connectivity index (χ1) is 16.8. The molecule has 0 saturated carbocycles. The third kappa shape index (κ3) is 6.07. The van der Waals surface area contributed by atoms with Gasteiger partial charge in [-0.25, -0.2) is 4.79 Å². The van der Waals surface area contributed by atoms with Crippen molar-refractivity contribution in [1.29, 1.82) is 0 Å². The number of ether oxygens (including phenoxy) is 2. The lowest BCUT2D eigenvalue weighted by Gasteiger charge is -2.43. The van der Waals surface area contributed by atoms with Crippen molar-refractivity contribution in [3.05, 3.63) is 90.0 Å². The van der Waals surface area contributed by atoms with Crippen molar-refractivity contribution in [3.8, 4) is 11.5 Å². The molecular formula is C28H32N2O4Si. The van der Waals surface area contributed by atoms with Crippen molar-refractivity contribution in [2.24, 2.45) is 0 Å². The number of hydrogen-bond donors (Lipinski definition) is 0. The van der Waals surface area contributed by atoms with E-state index in [0.717, 1.165) is 11.8 Å². The van der Waals surface area contributed by atoms with Crippen molar-refractivity contribution in [3.63, 3.8) is 0 Å². The first kappa shape index (κ1) is 25.9. The number of carbonyl (C=O) groups excluding carboxylic acids is 1. The molecule has 3 aromatic rings. The van der Waals surface area contributed by atoms with Gasteiger partial charge in [0, 0.05) is 0 Å². The number of aryl methyl sites for hydroxylation is 1. The van der Waals surface area contributed by atoms with Gasteiger partial charge in [-0.1, -0.05) is 87.5 Å². The summed E-state index contributed by atoms with van der Waals surface area (Å²) in [6.07, 6.45) is 2.06. The van der Waals surface area contributed by atoms with Crippen LogP contribution in [-0.4, -0.2) is 39.0 Å². The summed E-state index contributed by atoms with van der Waals surface area (Å²) in [7, 11) is -1.13. The Morgan fingerprint density at radius 3 is 2.06 bits per heavy atom. The van der Waals surface area contributed by atoms with E-state index < -0.39 is 14.3 Å². The van der Waals surface area contributed by atoms with Gasteiger partial charge in [-0.3, -0.25) is 0 Å². The van der Waals surface area contributed by atoms with Crippen LogP contribution in [0.2, 0.25) is 5.04 Å². The van der Waals surface area contributed by atoms with Gasteiger partial charge in [0.15, 0.2) is 5.75 Å². The summed E-state index contributed by atoms with van der Waals surface area (Å²) < 4.78 is 17.9. The van der Waals surface area contributed by atoms with Gasteiger partial charge in [0.05, 0.1) is 13.7 Å². The van der Waals surface area contributed by atoms with Crippen LogP contribution in [0.4, 0.5) is 0 Å². The van der Waals surface area contributed by atoms with E-state index in [1.165, 1.54) is 10.4 Å². The lowest BCUT2D eigenvalue weighted by Crippen LogP contribution is -2.68. The molecule has 0 aliphatic rings. The molecule has 182 valence electrons. The van der Waals surface area contributed by atoms with Crippen molar-refractivity contribution in [2.75, 3.05) is 13.7 Å². The molecule has 0 unspecified atom stereocenters. The highest BCUT2D eigenvalue weighted by Crippen LogP contribution is 2.40. The van der Waals surface area contributed by atoms with Crippen molar-refractivity contribution in [2.45, 2.75) is 38.7 Å². The zero-order chi connectivity index (χ0) is 25.3. The molecule has 0 radical (unpaired) electrons. The number of esters is 1. The van der Waals surface area contributed by atoms with E-state index in [2.05, 4.69) is 74.1 Å². The number of methoxy groups -OCH3 is 1. The summed E-state index contributed by atoms with van der Waals surface area (Å²) in [5.41, 5.74) is 9.42. The molecule has 0 atom stereocenters. The zero-order valence-electron chi connectivity index (χ0n) is 20.7. The standard InChI is InChI=1S/C28H32N2O4Si/c1-28(2,3)35(23-13-7-5-8-14-23,24-15-9-6-10-16-24)34-25-18-17-22(20-26(25)32-4)12-11-19-33-27(31)21-30-29/h5-10,13-18,20-21H,11-12,19H2,1-4H3. The quantitative estimate of drug-likeness (QED) is 0.106. The summed E-state index contributed by atoms with van der Waals surface area (Å²) >= 11 is 0. The largest absolute Gasteiger partial charge is 0.531 e. The highest BCUT2D eigenvalue weighted by molar-refractivity contribution is 7.00. The number of nitrogens with zero attached hydrogens (tertiary/aromatic N) is 2. The number of rotatable bonds is 10. The first-order valence-electron chi connectivity index (χ1n) is 11.6. The van der Waals surface area contributed by atoms with Crippen LogP contribution in [0.25, 0.3) is 5.53 Å². The smallest absolute Gasteiger partial charge is 0.413 e. The van der Waals surface area contributed by atoms with Gasteiger partial charge in [0.2, 0.25) is 0 Å². The average molecular weight is 489 g/mol. The Labute approximate surface area is 208 Å². The van der Waals surface area contributed by atoms with E-state index in [9.17, 15) is 4.79 Å². The van der Waals surface area contributed by atoms with Gasteiger partial charge in [0.1, 0.15) is 5.75 Å². The highest BCUT2D eigenvalue weighted by Gasteiger charge is 2.52. The van der Waals surface area contributed by atoms with E-state index in [4.69, 9.17) is 19.4 Å². The van der Waals surface area contributed by atoms with Gasteiger partial charge >= 0.3 is 20.5 Å². The fourth-order valence-corrected chi connectivity index (χ4v) is 8.73. The maximum absolute atomic E-state index is 11.3. The van der Waals surface area contributed by atoms with Crippen LogP contribution in [0.5, 0.6) is 11.5 Å². The number of benzene rings is 3. The minimum atomic E-state index is -2.78. The molecule has 0 saturated heterocycles. The predicted molar refractivity (Wildman–Crippen MR) is 140 cm³/mol. The lowest BCUT2D eigenvalue weighted by molar-refractivity contribution is -0.139. The summed E-state index contributed by atoms with van der Waals surface area (Å²) in [6, 6.07) is 26.9. The Morgan fingerprint density at radius 1 is 0.943 bits per heavy atom. The van der Waals surface area contributed by atoms with E-state index in [1.807, 2.05) is 30.3 Å². The average Bonchev–Trinajstić information content (AvgIpc) is 2.86. The molecule has 0 bridgehead atoms. The molecule has 0 spiro atoms. The summed E-state index contributed by atoms with van der Waals surface area (Å²) in [4.78, 5) is 14.0. The van der Waals surface area contributed by atoms with Gasteiger partial charge in [-0.05, 0) is 45.9 Å². The molecule has 7 heteroatoms. The topological polar surface area (TPSA) is 81.2 Å². The molecule has 0 N–H and O–H groups in total.